The summed E-state index contributed by atoms with van der Waals surface area (Å²) in [5.41, 5.74) is 9.14. The zero-order chi connectivity index (χ0) is 28.0. The van der Waals surface area contributed by atoms with E-state index in [0.29, 0.717) is 38.8 Å². The van der Waals surface area contributed by atoms with E-state index in [4.69, 9.17) is 5.73 Å². The fourth-order valence-electron chi connectivity index (χ4n) is 5.89. The molecule has 3 amide bonds. The minimum absolute atomic E-state index is 0.0703. The van der Waals surface area contributed by atoms with Crippen molar-refractivity contribution < 1.29 is 14.4 Å². The number of nitrogens with one attached hydrogen (secondary N) is 2. The number of benzene rings is 2. The summed E-state index contributed by atoms with van der Waals surface area (Å²) in [5.74, 6) is -1.12. The monoisotopic (exact) mass is 530 g/mol. The largest absolute Gasteiger partial charge is 0.369 e. The first-order valence-corrected chi connectivity index (χ1v) is 14.2. The summed E-state index contributed by atoms with van der Waals surface area (Å²) in [6.45, 7) is 7.26. The predicted molar refractivity (Wildman–Crippen MR) is 155 cm³/mol. The third-order valence-electron chi connectivity index (χ3n) is 8.13. The van der Waals surface area contributed by atoms with Gasteiger partial charge in [0.05, 0.1) is 11.3 Å². The number of primary amides is 1. The molecule has 1 aliphatic carbocycles. The first kappa shape index (κ1) is 28.4. The van der Waals surface area contributed by atoms with E-state index < -0.39 is 23.3 Å². The highest BCUT2D eigenvalue weighted by molar-refractivity contribution is 5.93. The van der Waals surface area contributed by atoms with Crippen LogP contribution in [0.2, 0.25) is 0 Å². The zero-order valence-electron chi connectivity index (χ0n) is 23.4. The number of allylic oxidation sites excluding steroid dienone is 2. The van der Waals surface area contributed by atoms with Gasteiger partial charge in [0.1, 0.15) is 6.04 Å². The Morgan fingerprint density at radius 1 is 1.08 bits per heavy atom. The molecule has 0 radical (unpaired) electrons. The molecule has 1 fully saturated rings. The maximum absolute atomic E-state index is 13.7. The van der Waals surface area contributed by atoms with E-state index in [9.17, 15) is 14.4 Å². The number of amides is 3. The number of hydrogen-bond donors (Lipinski definition) is 3. The fourth-order valence-corrected chi connectivity index (χ4v) is 5.89. The number of para-hydroxylation sites is 1. The summed E-state index contributed by atoms with van der Waals surface area (Å²) in [7, 11) is 0. The molecule has 2 aromatic rings. The van der Waals surface area contributed by atoms with Crippen LogP contribution in [-0.2, 0) is 20.9 Å². The number of nitrogens with zero attached hydrogens (tertiary/aromatic N) is 1. The molecule has 2 aromatic carbocycles. The summed E-state index contributed by atoms with van der Waals surface area (Å²) in [6.07, 6.45) is 7.66. The van der Waals surface area contributed by atoms with Gasteiger partial charge in [-0.25, -0.2) is 0 Å². The van der Waals surface area contributed by atoms with Crippen molar-refractivity contribution in [1.82, 2.24) is 10.2 Å². The van der Waals surface area contributed by atoms with Crippen LogP contribution in [-0.4, -0.2) is 35.2 Å². The molecule has 1 unspecified atom stereocenters. The molecule has 7 nitrogen and oxygen atoms in total. The molecular weight excluding hydrogens is 488 g/mol. The topological polar surface area (TPSA) is 105 Å². The molecule has 0 aromatic heterocycles. The molecule has 2 atom stereocenters. The molecule has 2 aliphatic rings. The lowest BCUT2D eigenvalue weighted by molar-refractivity contribution is -0.143. The van der Waals surface area contributed by atoms with Gasteiger partial charge in [0.2, 0.25) is 17.7 Å². The first-order valence-electron chi connectivity index (χ1n) is 14.2. The Balaban J connectivity index is 1.47. The van der Waals surface area contributed by atoms with Crippen LogP contribution in [0.15, 0.2) is 60.7 Å². The molecule has 1 heterocycles. The van der Waals surface area contributed by atoms with Crippen LogP contribution in [0.4, 0.5) is 11.4 Å². The van der Waals surface area contributed by atoms with Gasteiger partial charge >= 0.3 is 0 Å². The molecule has 0 spiro atoms. The van der Waals surface area contributed by atoms with Gasteiger partial charge in [-0.3, -0.25) is 14.4 Å². The molecule has 4 N–H and O–H groups in total. The van der Waals surface area contributed by atoms with Crippen LogP contribution in [0.1, 0.15) is 63.5 Å². The van der Waals surface area contributed by atoms with Crippen molar-refractivity contribution >= 4 is 29.1 Å². The van der Waals surface area contributed by atoms with Gasteiger partial charge in [0.25, 0.3) is 0 Å². The van der Waals surface area contributed by atoms with E-state index in [1.54, 1.807) is 0 Å². The molecule has 1 aliphatic heterocycles. The normalized spacial score (nSPS) is 19.5. The molecule has 39 heavy (non-hydrogen) atoms. The van der Waals surface area contributed by atoms with Gasteiger partial charge in [-0.2, -0.15) is 0 Å². The third-order valence-corrected chi connectivity index (χ3v) is 8.13. The molecule has 0 saturated carbocycles. The Hall–Kier alpha value is -3.61. The van der Waals surface area contributed by atoms with Crippen molar-refractivity contribution in [2.75, 3.05) is 11.9 Å². The quantitative estimate of drug-likeness (QED) is 0.366. The highest BCUT2D eigenvalue weighted by Gasteiger charge is 2.48. The Bertz CT molecular complexity index is 1210. The lowest BCUT2D eigenvalue weighted by Gasteiger charge is -2.36. The smallest absolute Gasteiger partial charge is 0.245 e. The first-order chi connectivity index (χ1) is 18.7. The number of carbonyl (C=O) groups is 3. The molecule has 0 bridgehead atoms. The van der Waals surface area contributed by atoms with Crippen LogP contribution in [0, 0.1) is 24.2 Å². The van der Waals surface area contributed by atoms with Crippen molar-refractivity contribution in [3.63, 3.8) is 0 Å². The van der Waals surface area contributed by atoms with Crippen molar-refractivity contribution in [1.29, 1.82) is 0 Å². The van der Waals surface area contributed by atoms with Gasteiger partial charge in [0.15, 0.2) is 0 Å². The lowest BCUT2D eigenvalue weighted by atomic mass is 9.69. The van der Waals surface area contributed by atoms with E-state index in [-0.39, 0.29) is 17.7 Å². The van der Waals surface area contributed by atoms with Crippen LogP contribution in [0.3, 0.4) is 0 Å². The highest BCUT2D eigenvalue weighted by Crippen LogP contribution is 2.43. The van der Waals surface area contributed by atoms with E-state index in [0.717, 1.165) is 35.3 Å². The fraction of sp³-hybridized carbons (Fsp3) is 0.469. The number of rotatable bonds is 10. The Kier molecular flexibility index (Phi) is 9.10. The van der Waals surface area contributed by atoms with Gasteiger partial charge in [0, 0.05) is 24.5 Å². The molecular formula is C32H42N4O3. The third kappa shape index (κ3) is 6.70. The number of aryl methyl sites for hydroxylation is 1. The summed E-state index contributed by atoms with van der Waals surface area (Å²) in [5, 5.41) is 6.53. The highest BCUT2D eigenvalue weighted by atomic mass is 16.2. The predicted octanol–water partition coefficient (Wildman–Crippen LogP) is 5.22. The van der Waals surface area contributed by atoms with Crippen LogP contribution in [0.25, 0.3) is 0 Å². The minimum Gasteiger partial charge on any atom is -0.369 e. The minimum atomic E-state index is -0.924. The second kappa shape index (κ2) is 12.5. The Morgan fingerprint density at radius 2 is 1.82 bits per heavy atom. The summed E-state index contributed by atoms with van der Waals surface area (Å²) in [6, 6.07) is 15.6. The second-order valence-corrected chi connectivity index (χ2v) is 11.5. The standard InChI is InChI=1S/C32H42N4O3/c1-22(2)19-26(32(31(33)39)16-7-8-17-32)29(37)35-28-15-6-9-18-36(30(28)38)21-24-12-10-13-25(20-24)34-27-14-5-4-11-23(27)3/h4-5,7-8,10-14,20,22,26,28,34H,6,9,15-19,21H2,1-3H3,(H2,33,39)(H,35,37)/t26?,28-/m0/s1. The van der Waals surface area contributed by atoms with E-state index in [1.807, 2.05) is 67.3 Å². The van der Waals surface area contributed by atoms with Crippen molar-refractivity contribution in [2.24, 2.45) is 23.0 Å². The Morgan fingerprint density at radius 3 is 2.51 bits per heavy atom. The number of carbonyl (C=O) groups excluding carboxylic acids is 3. The maximum Gasteiger partial charge on any atom is 0.245 e. The van der Waals surface area contributed by atoms with E-state index in [1.165, 1.54) is 0 Å². The van der Waals surface area contributed by atoms with Crippen molar-refractivity contribution in [3.8, 4) is 0 Å². The average Bonchev–Trinajstić information content (AvgIpc) is 3.34. The summed E-state index contributed by atoms with van der Waals surface area (Å²) >= 11 is 0. The van der Waals surface area contributed by atoms with Gasteiger partial charge in [-0.1, -0.05) is 56.3 Å². The van der Waals surface area contributed by atoms with E-state index in [2.05, 4.69) is 29.7 Å². The number of likely N-dealkylation sites (tertiary alicyclic amines) is 1. The van der Waals surface area contributed by atoms with E-state index >= 15 is 0 Å². The second-order valence-electron chi connectivity index (χ2n) is 11.5. The molecule has 7 heteroatoms. The van der Waals surface area contributed by atoms with Gasteiger partial charge in [-0.15, -0.1) is 0 Å². The zero-order valence-corrected chi connectivity index (χ0v) is 23.4. The van der Waals surface area contributed by atoms with Crippen LogP contribution >= 0.6 is 0 Å². The summed E-state index contributed by atoms with van der Waals surface area (Å²) in [4.78, 5) is 41.8. The Labute approximate surface area is 232 Å². The maximum atomic E-state index is 13.7. The van der Waals surface area contributed by atoms with Gasteiger partial charge in [-0.05, 0) is 80.7 Å². The molecule has 4 rings (SSSR count). The SMILES string of the molecule is Cc1ccccc1Nc1cccc(CN2CCCC[C@H](NC(=O)C(CC(C)C)C3(C(N)=O)CC=CC3)C2=O)c1. The number of hydrogen-bond acceptors (Lipinski definition) is 4. The average molecular weight is 531 g/mol. The number of anilines is 2. The van der Waals surface area contributed by atoms with Gasteiger partial charge < -0.3 is 21.3 Å². The number of nitrogens with two attached hydrogens (primary N) is 1. The van der Waals surface area contributed by atoms with Crippen molar-refractivity contribution in [3.05, 3.63) is 71.8 Å². The summed E-state index contributed by atoms with van der Waals surface area (Å²) < 4.78 is 0. The molecule has 1 saturated heterocycles. The molecule has 208 valence electrons. The van der Waals surface area contributed by atoms with Crippen LogP contribution in [0.5, 0.6) is 0 Å². The van der Waals surface area contributed by atoms with Crippen molar-refractivity contribution in [2.45, 2.75) is 71.9 Å². The lowest BCUT2D eigenvalue weighted by Crippen LogP contribution is -2.53. The van der Waals surface area contributed by atoms with Crippen LogP contribution < -0.4 is 16.4 Å².